The van der Waals surface area contributed by atoms with Crippen molar-refractivity contribution in [2.45, 2.75) is 18.3 Å². The van der Waals surface area contributed by atoms with Crippen molar-refractivity contribution in [2.24, 2.45) is 5.10 Å². The zero-order valence-corrected chi connectivity index (χ0v) is 15.3. The van der Waals surface area contributed by atoms with Gasteiger partial charge >= 0.3 is 6.18 Å². The number of halogens is 5. The summed E-state index contributed by atoms with van der Waals surface area (Å²) in [5.74, 6) is -0.858. The van der Waals surface area contributed by atoms with Crippen molar-refractivity contribution in [3.8, 4) is 0 Å². The van der Waals surface area contributed by atoms with Crippen molar-refractivity contribution in [1.82, 2.24) is 5.01 Å². The lowest BCUT2D eigenvalue weighted by molar-refractivity contribution is -0.0816. The maximum atomic E-state index is 13.2. The lowest BCUT2D eigenvalue weighted by Crippen LogP contribution is -2.43. The molecule has 3 rings (SSSR count). The van der Waals surface area contributed by atoms with Crippen LogP contribution in [0.3, 0.4) is 0 Å². The number of benzene rings is 2. The highest BCUT2D eigenvalue weighted by molar-refractivity contribution is 9.10. The molecule has 1 unspecified atom stereocenters. The number of nitrogens with zero attached hydrogens (tertiary/aromatic N) is 2. The minimum atomic E-state index is -4.77. The molecule has 0 bridgehead atoms. The van der Waals surface area contributed by atoms with Gasteiger partial charge in [-0.3, -0.25) is 4.79 Å². The highest BCUT2D eigenvalue weighted by Crippen LogP contribution is 2.40. The van der Waals surface area contributed by atoms with Crippen molar-refractivity contribution in [2.75, 3.05) is 0 Å². The van der Waals surface area contributed by atoms with Crippen LogP contribution in [0.4, 0.5) is 13.2 Å². The number of carbonyl (C=O) groups excluding carboxylic acids is 1. The summed E-state index contributed by atoms with van der Waals surface area (Å²) in [5, 5.41) is 15.2. The van der Waals surface area contributed by atoms with Crippen LogP contribution in [-0.2, 0) is 5.72 Å². The van der Waals surface area contributed by atoms with E-state index in [1.807, 2.05) is 0 Å². The van der Waals surface area contributed by atoms with E-state index in [1.165, 1.54) is 36.4 Å². The molecular formula is C17H11BrClF3N2O2. The summed E-state index contributed by atoms with van der Waals surface area (Å²) in [5.41, 5.74) is -3.35. The van der Waals surface area contributed by atoms with Crippen LogP contribution in [-0.4, -0.2) is 27.9 Å². The summed E-state index contributed by atoms with van der Waals surface area (Å²) < 4.78 is 40.1. The molecule has 0 fully saturated rings. The molecule has 136 valence electrons. The molecule has 1 amide bonds. The summed E-state index contributed by atoms with van der Waals surface area (Å²) >= 11 is 9.00. The molecule has 9 heteroatoms. The highest BCUT2D eigenvalue weighted by atomic mass is 79.9. The Labute approximate surface area is 160 Å². The maximum absolute atomic E-state index is 13.2. The van der Waals surface area contributed by atoms with Gasteiger partial charge in [0, 0.05) is 20.6 Å². The summed E-state index contributed by atoms with van der Waals surface area (Å²) in [4.78, 5) is 12.8. The number of hydrogen-bond donors (Lipinski definition) is 1. The quantitative estimate of drug-likeness (QED) is 0.725. The fourth-order valence-corrected chi connectivity index (χ4v) is 3.13. The van der Waals surface area contributed by atoms with E-state index in [9.17, 15) is 23.1 Å². The topological polar surface area (TPSA) is 52.9 Å². The van der Waals surface area contributed by atoms with E-state index in [-0.39, 0.29) is 11.1 Å². The van der Waals surface area contributed by atoms with E-state index >= 15 is 0 Å². The second-order valence-electron chi connectivity index (χ2n) is 5.67. The molecule has 0 aromatic heterocycles. The van der Waals surface area contributed by atoms with Crippen molar-refractivity contribution in [1.29, 1.82) is 0 Å². The van der Waals surface area contributed by atoms with E-state index in [4.69, 9.17) is 11.6 Å². The molecule has 0 spiro atoms. The predicted octanol–water partition coefficient (Wildman–Crippen LogP) is 4.71. The van der Waals surface area contributed by atoms with Crippen LogP contribution in [0.5, 0.6) is 0 Å². The van der Waals surface area contributed by atoms with Crippen LogP contribution in [0.25, 0.3) is 0 Å². The smallest absolute Gasteiger partial charge is 0.365 e. The molecule has 1 aliphatic heterocycles. The largest absolute Gasteiger partial charge is 0.431 e. The zero-order chi connectivity index (χ0) is 19.1. The molecule has 2 aromatic carbocycles. The Bertz CT molecular complexity index is 886. The molecule has 0 aliphatic carbocycles. The summed E-state index contributed by atoms with van der Waals surface area (Å²) in [6.45, 7) is 0. The fourth-order valence-electron chi connectivity index (χ4n) is 2.60. The van der Waals surface area contributed by atoms with E-state index in [2.05, 4.69) is 21.0 Å². The van der Waals surface area contributed by atoms with Gasteiger partial charge in [0.15, 0.2) is 5.72 Å². The van der Waals surface area contributed by atoms with E-state index < -0.39 is 29.9 Å². The first-order chi connectivity index (χ1) is 12.1. The number of hydrazone groups is 1. The monoisotopic (exact) mass is 446 g/mol. The molecule has 0 radical (unpaired) electrons. The van der Waals surface area contributed by atoms with Crippen LogP contribution in [0.1, 0.15) is 22.3 Å². The highest BCUT2D eigenvalue weighted by Gasteiger charge is 2.53. The van der Waals surface area contributed by atoms with Gasteiger partial charge < -0.3 is 5.11 Å². The number of rotatable bonds is 2. The molecule has 1 heterocycles. The fraction of sp³-hybridized carbons (Fsp3) is 0.176. The van der Waals surface area contributed by atoms with Crippen molar-refractivity contribution in [3.05, 3.63) is 69.2 Å². The normalized spacial score (nSPS) is 20.2. The Morgan fingerprint density at radius 2 is 1.88 bits per heavy atom. The molecule has 0 saturated carbocycles. The van der Waals surface area contributed by atoms with Gasteiger partial charge in [0.05, 0.1) is 6.42 Å². The maximum Gasteiger partial charge on any atom is 0.431 e. The number of carbonyl (C=O) groups is 1. The number of hydrogen-bond acceptors (Lipinski definition) is 3. The third-order valence-corrected chi connectivity index (χ3v) is 4.63. The molecule has 1 aliphatic rings. The van der Waals surface area contributed by atoms with Crippen LogP contribution in [0.2, 0.25) is 5.02 Å². The molecule has 4 nitrogen and oxygen atoms in total. The first kappa shape index (κ1) is 18.9. The van der Waals surface area contributed by atoms with Crippen molar-refractivity contribution in [3.63, 3.8) is 0 Å². The SMILES string of the molecule is O=C(c1cccc(Br)c1)N1N=C(C(F)(F)F)CC1(O)c1ccc(Cl)cc1. The van der Waals surface area contributed by atoms with Gasteiger partial charge in [-0.1, -0.05) is 45.7 Å². The Morgan fingerprint density at radius 1 is 1.23 bits per heavy atom. The third-order valence-electron chi connectivity index (χ3n) is 3.88. The van der Waals surface area contributed by atoms with Gasteiger partial charge in [-0.15, -0.1) is 0 Å². The average molecular weight is 448 g/mol. The first-order valence-electron chi connectivity index (χ1n) is 7.34. The second kappa shape index (κ2) is 6.68. The number of aliphatic hydroxyl groups is 1. The molecule has 1 atom stereocenters. The van der Waals surface area contributed by atoms with Gasteiger partial charge in [0.2, 0.25) is 0 Å². The molecule has 0 saturated heterocycles. The van der Waals surface area contributed by atoms with Gasteiger partial charge in [-0.05, 0) is 30.3 Å². The Balaban J connectivity index is 2.08. The third kappa shape index (κ3) is 3.49. The predicted molar refractivity (Wildman–Crippen MR) is 93.8 cm³/mol. The molecule has 2 aromatic rings. The average Bonchev–Trinajstić information content (AvgIpc) is 2.94. The van der Waals surface area contributed by atoms with Crippen LogP contribution in [0.15, 0.2) is 58.1 Å². The van der Waals surface area contributed by atoms with Crippen LogP contribution >= 0.6 is 27.5 Å². The van der Waals surface area contributed by atoms with Gasteiger partial charge in [-0.2, -0.15) is 23.3 Å². The minimum Gasteiger partial charge on any atom is -0.365 e. The van der Waals surface area contributed by atoms with Gasteiger partial charge in [-0.25, -0.2) is 0 Å². The Morgan fingerprint density at radius 3 is 2.46 bits per heavy atom. The standard InChI is InChI=1S/C17H11BrClF3N2O2/c18-12-3-1-2-10(8-12)15(25)24-16(26,9-14(23-24)17(20,21)22)11-4-6-13(19)7-5-11/h1-8,26H,9H2. The number of amides is 1. The van der Waals surface area contributed by atoms with Crippen LogP contribution in [0, 0.1) is 0 Å². The summed E-state index contributed by atoms with van der Waals surface area (Å²) in [7, 11) is 0. The van der Waals surface area contributed by atoms with E-state index in [1.54, 1.807) is 12.1 Å². The first-order valence-corrected chi connectivity index (χ1v) is 8.51. The molecule has 1 N–H and O–H groups in total. The van der Waals surface area contributed by atoms with Crippen molar-refractivity contribution < 1.29 is 23.1 Å². The Hall–Kier alpha value is -1.90. The summed E-state index contributed by atoms with van der Waals surface area (Å²) in [6, 6.07) is 11.6. The van der Waals surface area contributed by atoms with Gasteiger partial charge in [0.25, 0.3) is 5.91 Å². The van der Waals surface area contributed by atoms with Crippen LogP contribution < -0.4 is 0 Å². The summed E-state index contributed by atoms with van der Waals surface area (Å²) in [6.07, 6.45) is -5.65. The lowest BCUT2D eigenvalue weighted by Gasteiger charge is -2.31. The van der Waals surface area contributed by atoms with E-state index in [0.29, 0.717) is 14.5 Å². The Kier molecular flexibility index (Phi) is 4.85. The number of alkyl halides is 3. The molecular weight excluding hydrogens is 437 g/mol. The van der Waals surface area contributed by atoms with E-state index in [0.717, 1.165) is 0 Å². The minimum absolute atomic E-state index is 0.0771. The molecule has 26 heavy (non-hydrogen) atoms. The second-order valence-corrected chi connectivity index (χ2v) is 7.02. The lowest BCUT2D eigenvalue weighted by atomic mass is 9.96. The van der Waals surface area contributed by atoms with Crippen molar-refractivity contribution >= 4 is 39.1 Å². The zero-order valence-electron chi connectivity index (χ0n) is 13.0. The van der Waals surface area contributed by atoms with Gasteiger partial charge in [0.1, 0.15) is 5.71 Å².